The Morgan fingerprint density at radius 1 is 1.12 bits per heavy atom. The van der Waals surface area contributed by atoms with Crippen LogP contribution < -0.4 is 11.1 Å². The quantitative estimate of drug-likeness (QED) is 0.779. The predicted molar refractivity (Wildman–Crippen MR) is 65.2 cm³/mol. The summed E-state index contributed by atoms with van der Waals surface area (Å²) in [5.74, 6) is -0.911. The van der Waals surface area contributed by atoms with Crippen molar-refractivity contribution in [1.29, 1.82) is 0 Å². The Morgan fingerprint density at radius 3 is 2.47 bits per heavy atom. The van der Waals surface area contributed by atoms with Crippen LogP contribution in [-0.2, 0) is 0 Å². The lowest BCUT2D eigenvalue weighted by molar-refractivity contribution is 0.102. The fraction of sp³-hybridized carbons (Fsp3) is 0. The standard InChI is InChI=1S/C13H11FN2O/c14-10-6-9(7-11(15)8-10)13(17)16-12-4-2-1-3-5-12/h1-8H,15H2,(H,16,17). The van der Waals surface area contributed by atoms with Crippen LogP contribution in [0.4, 0.5) is 15.8 Å². The summed E-state index contributed by atoms with van der Waals surface area (Å²) in [4.78, 5) is 11.8. The minimum Gasteiger partial charge on any atom is -0.399 e. The van der Waals surface area contributed by atoms with Gasteiger partial charge in [-0.3, -0.25) is 4.79 Å². The first-order valence-electron chi connectivity index (χ1n) is 5.07. The molecule has 0 aliphatic heterocycles. The molecule has 0 radical (unpaired) electrons. The maximum Gasteiger partial charge on any atom is 0.255 e. The molecule has 0 atom stereocenters. The second-order valence-corrected chi connectivity index (χ2v) is 3.59. The highest BCUT2D eigenvalue weighted by molar-refractivity contribution is 6.04. The summed E-state index contributed by atoms with van der Waals surface area (Å²) >= 11 is 0. The molecule has 86 valence electrons. The smallest absolute Gasteiger partial charge is 0.255 e. The Kier molecular flexibility index (Phi) is 3.05. The molecule has 3 N–H and O–H groups in total. The molecule has 0 aliphatic carbocycles. The largest absolute Gasteiger partial charge is 0.399 e. The van der Waals surface area contributed by atoms with Crippen molar-refractivity contribution in [1.82, 2.24) is 0 Å². The zero-order chi connectivity index (χ0) is 12.3. The molecule has 0 unspecified atom stereocenters. The molecule has 0 heterocycles. The monoisotopic (exact) mass is 230 g/mol. The van der Waals surface area contributed by atoms with E-state index < -0.39 is 5.82 Å². The minimum absolute atomic E-state index is 0.200. The highest BCUT2D eigenvalue weighted by atomic mass is 19.1. The molecule has 17 heavy (non-hydrogen) atoms. The molecule has 0 saturated heterocycles. The summed E-state index contributed by atoms with van der Waals surface area (Å²) in [7, 11) is 0. The number of benzene rings is 2. The lowest BCUT2D eigenvalue weighted by atomic mass is 10.2. The number of nitrogens with two attached hydrogens (primary N) is 1. The van der Waals surface area contributed by atoms with E-state index in [1.165, 1.54) is 12.1 Å². The van der Waals surface area contributed by atoms with Crippen LogP contribution in [0.3, 0.4) is 0 Å². The summed E-state index contributed by atoms with van der Waals surface area (Å²) in [5.41, 5.74) is 6.55. The Balaban J connectivity index is 2.20. The van der Waals surface area contributed by atoms with E-state index in [2.05, 4.69) is 5.32 Å². The van der Waals surface area contributed by atoms with Gasteiger partial charge in [0.1, 0.15) is 5.82 Å². The normalized spacial score (nSPS) is 9.94. The molecule has 2 rings (SSSR count). The van der Waals surface area contributed by atoms with Crippen molar-refractivity contribution >= 4 is 17.3 Å². The van der Waals surface area contributed by atoms with Gasteiger partial charge in [0.2, 0.25) is 0 Å². The molecular weight excluding hydrogens is 219 g/mol. The number of hydrogen-bond donors (Lipinski definition) is 2. The second-order valence-electron chi connectivity index (χ2n) is 3.59. The number of hydrogen-bond acceptors (Lipinski definition) is 2. The van der Waals surface area contributed by atoms with Crippen molar-refractivity contribution < 1.29 is 9.18 Å². The van der Waals surface area contributed by atoms with Gasteiger partial charge in [0, 0.05) is 16.9 Å². The summed E-state index contributed by atoms with van der Waals surface area (Å²) in [6.07, 6.45) is 0. The lowest BCUT2D eigenvalue weighted by Crippen LogP contribution is -2.12. The van der Waals surface area contributed by atoms with Crippen molar-refractivity contribution in [2.45, 2.75) is 0 Å². The SMILES string of the molecule is Nc1cc(F)cc(C(=O)Nc2ccccc2)c1. The molecule has 1 amide bonds. The Hall–Kier alpha value is -2.36. The van der Waals surface area contributed by atoms with Gasteiger partial charge in [-0.1, -0.05) is 18.2 Å². The van der Waals surface area contributed by atoms with Crippen molar-refractivity contribution in [3.63, 3.8) is 0 Å². The maximum absolute atomic E-state index is 13.1. The number of rotatable bonds is 2. The van der Waals surface area contributed by atoms with Crippen LogP contribution in [0.25, 0.3) is 0 Å². The zero-order valence-electron chi connectivity index (χ0n) is 8.98. The minimum atomic E-state index is -0.525. The van der Waals surface area contributed by atoms with Crippen LogP contribution >= 0.6 is 0 Å². The van der Waals surface area contributed by atoms with Crippen LogP contribution in [0.2, 0.25) is 0 Å². The Labute approximate surface area is 98.1 Å². The molecule has 0 saturated carbocycles. The van der Waals surface area contributed by atoms with Crippen LogP contribution in [0, 0.1) is 5.82 Å². The summed E-state index contributed by atoms with van der Waals surface area (Å²) in [5, 5.41) is 2.65. The molecule has 0 aliphatic rings. The van der Waals surface area contributed by atoms with Crippen molar-refractivity contribution in [2.24, 2.45) is 0 Å². The van der Waals surface area contributed by atoms with Gasteiger partial charge in [0.25, 0.3) is 5.91 Å². The van der Waals surface area contributed by atoms with E-state index in [-0.39, 0.29) is 17.2 Å². The van der Waals surface area contributed by atoms with Gasteiger partial charge in [-0.25, -0.2) is 4.39 Å². The van der Waals surface area contributed by atoms with Crippen LogP contribution in [-0.4, -0.2) is 5.91 Å². The number of carbonyl (C=O) groups excluding carboxylic acids is 1. The van der Waals surface area contributed by atoms with Crippen molar-refractivity contribution in [2.75, 3.05) is 11.1 Å². The number of halogens is 1. The average Bonchev–Trinajstić information content (AvgIpc) is 2.29. The number of carbonyl (C=O) groups is 1. The van der Waals surface area contributed by atoms with Gasteiger partial charge in [-0.05, 0) is 30.3 Å². The molecule has 3 nitrogen and oxygen atoms in total. The van der Waals surface area contributed by atoms with E-state index in [1.54, 1.807) is 24.3 Å². The number of para-hydroxylation sites is 1. The lowest BCUT2D eigenvalue weighted by Gasteiger charge is -2.05. The maximum atomic E-state index is 13.1. The molecule has 2 aromatic carbocycles. The van der Waals surface area contributed by atoms with E-state index in [9.17, 15) is 9.18 Å². The van der Waals surface area contributed by atoms with Gasteiger partial charge in [0.15, 0.2) is 0 Å². The third-order valence-electron chi connectivity index (χ3n) is 2.21. The summed E-state index contributed by atoms with van der Waals surface area (Å²) < 4.78 is 13.1. The molecule has 2 aromatic rings. The molecule has 4 heteroatoms. The Bertz CT molecular complexity index is 520. The fourth-order valence-corrected chi connectivity index (χ4v) is 1.47. The number of anilines is 2. The molecule has 0 spiro atoms. The average molecular weight is 230 g/mol. The second kappa shape index (κ2) is 4.65. The highest BCUT2D eigenvalue weighted by Crippen LogP contribution is 2.13. The molecule has 0 bridgehead atoms. The van der Waals surface area contributed by atoms with E-state index in [0.29, 0.717) is 5.69 Å². The first-order chi connectivity index (χ1) is 8.15. The van der Waals surface area contributed by atoms with E-state index in [4.69, 9.17) is 5.73 Å². The zero-order valence-corrected chi connectivity index (χ0v) is 8.98. The molecular formula is C13H11FN2O. The number of amides is 1. The van der Waals surface area contributed by atoms with Crippen LogP contribution in [0.1, 0.15) is 10.4 Å². The molecule has 0 fully saturated rings. The first kappa shape index (κ1) is 11.1. The third kappa shape index (κ3) is 2.81. The summed E-state index contributed by atoms with van der Waals surface area (Å²) in [6, 6.07) is 12.7. The van der Waals surface area contributed by atoms with Crippen molar-refractivity contribution in [3.8, 4) is 0 Å². The Morgan fingerprint density at radius 2 is 1.82 bits per heavy atom. The fourth-order valence-electron chi connectivity index (χ4n) is 1.47. The van der Waals surface area contributed by atoms with Crippen LogP contribution in [0.5, 0.6) is 0 Å². The predicted octanol–water partition coefficient (Wildman–Crippen LogP) is 2.66. The first-order valence-corrected chi connectivity index (χ1v) is 5.07. The third-order valence-corrected chi connectivity index (χ3v) is 2.21. The van der Waals surface area contributed by atoms with Gasteiger partial charge in [-0.15, -0.1) is 0 Å². The number of nitrogen functional groups attached to an aromatic ring is 1. The van der Waals surface area contributed by atoms with E-state index in [0.717, 1.165) is 6.07 Å². The van der Waals surface area contributed by atoms with Crippen LogP contribution in [0.15, 0.2) is 48.5 Å². The van der Waals surface area contributed by atoms with Gasteiger partial charge in [0.05, 0.1) is 0 Å². The molecule has 0 aromatic heterocycles. The van der Waals surface area contributed by atoms with Gasteiger partial charge < -0.3 is 11.1 Å². The van der Waals surface area contributed by atoms with E-state index >= 15 is 0 Å². The topological polar surface area (TPSA) is 55.1 Å². The highest BCUT2D eigenvalue weighted by Gasteiger charge is 2.08. The van der Waals surface area contributed by atoms with Crippen molar-refractivity contribution in [3.05, 3.63) is 59.9 Å². The van der Waals surface area contributed by atoms with Gasteiger partial charge >= 0.3 is 0 Å². The number of nitrogens with one attached hydrogen (secondary N) is 1. The summed E-state index contributed by atoms with van der Waals surface area (Å²) in [6.45, 7) is 0. The van der Waals surface area contributed by atoms with E-state index in [1.807, 2.05) is 6.07 Å². The van der Waals surface area contributed by atoms with Gasteiger partial charge in [-0.2, -0.15) is 0 Å².